The number of hydrogen-bond donors (Lipinski definition) is 2. The standard InChI is InChI=1S/C13H20N2O3S/c1-2-11-15(10(6-19-11)13(17)18)12(16)8-5-7-3-4-9(8)14-7/h7-11,14H,2-6H2,1H3,(H,17,18). The minimum atomic E-state index is -0.868. The zero-order valence-corrected chi connectivity index (χ0v) is 11.9. The molecule has 0 aromatic carbocycles. The van der Waals surface area contributed by atoms with Crippen molar-refractivity contribution in [3.63, 3.8) is 0 Å². The lowest BCUT2D eigenvalue weighted by Gasteiger charge is -2.31. The molecule has 0 aromatic heterocycles. The second-order valence-corrected chi connectivity index (χ2v) is 6.90. The Balaban J connectivity index is 1.78. The largest absolute Gasteiger partial charge is 0.480 e. The molecule has 5 unspecified atom stereocenters. The van der Waals surface area contributed by atoms with Gasteiger partial charge in [0.2, 0.25) is 5.91 Å². The maximum atomic E-state index is 12.7. The number of hydrogen-bond acceptors (Lipinski definition) is 4. The van der Waals surface area contributed by atoms with E-state index in [4.69, 9.17) is 0 Å². The number of carbonyl (C=O) groups is 2. The normalized spacial score (nSPS) is 40.9. The summed E-state index contributed by atoms with van der Waals surface area (Å²) in [5.74, 6) is -0.293. The lowest BCUT2D eigenvalue weighted by atomic mass is 9.88. The van der Waals surface area contributed by atoms with Crippen molar-refractivity contribution in [2.75, 3.05) is 5.75 Å². The van der Waals surface area contributed by atoms with Crippen LogP contribution in [0.5, 0.6) is 0 Å². The number of nitrogens with zero attached hydrogens (tertiary/aromatic N) is 1. The smallest absolute Gasteiger partial charge is 0.327 e. The first kappa shape index (κ1) is 13.2. The molecular weight excluding hydrogens is 264 g/mol. The fraction of sp³-hybridized carbons (Fsp3) is 0.846. The van der Waals surface area contributed by atoms with E-state index in [0.29, 0.717) is 11.8 Å². The lowest BCUT2D eigenvalue weighted by Crippen LogP contribution is -2.50. The Morgan fingerprint density at radius 3 is 2.74 bits per heavy atom. The first-order valence-corrected chi connectivity index (χ1v) is 8.09. The summed E-state index contributed by atoms with van der Waals surface area (Å²) < 4.78 is 0. The first-order valence-electron chi connectivity index (χ1n) is 7.04. The van der Waals surface area contributed by atoms with Crippen LogP contribution in [0.1, 0.15) is 32.6 Å². The molecule has 5 atom stereocenters. The van der Waals surface area contributed by atoms with Crippen LogP contribution in [0.25, 0.3) is 0 Å². The number of thioether (sulfide) groups is 1. The van der Waals surface area contributed by atoms with Crippen LogP contribution in [0.2, 0.25) is 0 Å². The van der Waals surface area contributed by atoms with E-state index in [-0.39, 0.29) is 23.2 Å². The maximum absolute atomic E-state index is 12.7. The van der Waals surface area contributed by atoms with Crippen LogP contribution in [0, 0.1) is 5.92 Å². The van der Waals surface area contributed by atoms with Gasteiger partial charge in [-0.3, -0.25) is 4.79 Å². The summed E-state index contributed by atoms with van der Waals surface area (Å²) in [5, 5.41) is 12.8. The van der Waals surface area contributed by atoms with Gasteiger partial charge in [0.25, 0.3) is 0 Å². The zero-order valence-electron chi connectivity index (χ0n) is 11.0. The molecular formula is C13H20N2O3S. The Labute approximate surface area is 117 Å². The van der Waals surface area contributed by atoms with Crippen LogP contribution in [0.3, 0.4) is 0 Å². The van der Waals surface area contributed by atoms with E-state index < -0.39 is 12.0 Å². The van der Waals surface area contributed by atoms with E-state index in [1.807, 2.05) is 6.92 Å². The molecule has 0 spiro atoms. The highest BCUT2D eigenvalue weighted by atomic mass is 32.2. The molecule has 3 saturated heterocycles. The summed E-state index contributed by atoms with van der Waals surface area (Å²) in [6.45, 7) is 2.02. The number of rotatable bonds is 3. The maximum Gasteiger partial charge on any atom is 0.327 e. The monoisotopic (exact) mass is 284 g/mol. The molecule has 3 aliphatic heterocycles. The predicted molar refractivity (Wildman–Crippen MR) is 72.9 cm³/mol. The Kier molecular flexibility index (Phi) is 3.47. The van der Waals surface area contributed by atoms with E-state index in [0.717, 1.165) is 25.7 Å². The third kappa shape index (κ3) is 2.14. The quantitative estimate of drug-likeness (QED) is 0.805. The molecule has 5 nitrogen and oxygen atoms in total. The van der Waals surface area contributed by atoms with Crippen LogP contribution in [-0.4, -0.2) is 51.1 Å². The van der Waals surface area contributed by atoms with Gasteiger partial charge in [-0.15, -0.1) is 11.8 Å². The average Bonchev–Trinajstić information content (AvgIpc) is 3.11. The number of carboxylic acid groups (broad SMARTS) is 1. The van der Waals surface area contributed by atoms with Gasteiger partial charge in [-0.2, -0.15) is 0 Å². The second-order valence-electron chi connectivity index (χ2n) is 5.69. The summed E-state index contributed by atoms with van der Waals surface area (Å²) in [5.41, 5.74) is 0. The Hall–Kier alpha value is -0.750. The number of amides is 1. The Morgan fingerprint density at radius 1 is 1.42 bits per heavy atom. The fourth-order valence-electron chi connectivity index (χ4n) is 3.65. The van der Waals surface area contributed by atoms with Crippen LogP contribution in [0.15, 0.2) is 0 Å². The molecule has 3 fully saturated rings. The van der Waals surface area contributed by atoms with Crippen LogP contribution >= 0.6 is 11.8 Å². The van der Waals surface area contributed by atoms with E-state index in [1.54, 1.807) is 16.7 Å². The van der Waals surface area contributed by atoms with Crippen molar-refractivity contribution < 1.29 is 14.7 Å². The number of aliphatic carboxylic acids is 1. The van der Waals surface area contributed by atoms with Crippen molar-refractivity contribution in [1.82, 2.24) is 10.2 Å². The minimum absolute atomic E-state index is 0.00616. The fourth-order valence-corrected chi connectivity index (χ4v) is 5.01. The van der Waals surface area contributed by atoms with Crippen LogP contribution < -0.4 is 5.32 Å². The molecule has 3 heterocycles. The SMILES string of the molecule is CCC1SCC(C(=O)O)N1C(=O)C1CC2CCC1N2. The third-order valence-corrected chi connectivity index (χ3v) is 6.05. The highest BCUT2D eigenvalue weighted by Gasteiger charge is 2.49. The molecule has 6 heteroatoms. The molecule has 0 aliphatic carbocycles. The Bertz CT molecular complexity index is 403. The van der Waals surface area contributed by atoms with Gasteiger partial charge in [0.05, 0.1) is 11.3 Å². The van der Waals surface area contributed by atoms with Crippen molar-refractivity contribution in [1.29, 1.82) is 0 Å². The number of carbonyl (C=O) groups excluding carboxylic acids is 1. The van der Waals surface area contributed by atoms with Gasteiger partial charge in [0, 0.05) is 17.8 Å². The van der Waals surface area contributed by atoms with Gasteiger partial charge in [-0.1, -0.05) is 6.92 Å². The third-order valence-electron chi connectivity index (χ3n) is 4.60. The number of fused-ring (bicyclic) bond motifs is 2. The number of carboxylic acids is 1. The van der Waals surface area contributed by atoms with Gasteiger partial charge < -0.3 is 15.3 Å². The molecule has 3 aliphatic rings. The molecule has 1 amide bonds. The highest BCUT2D eigenvalue weighted by Crippen LogP contribution is 2.38. The van der Waals surface area contributed by atoms with Gasteiger partial charge in [-0.05, 0) is 25.7 Å². The summed E-state index contributed by atoms with van der Waals surface area (Å²) in [6, 6.07) is 0.106. The molecule has 19 heavy (non-hydrogen) atoms. The van der Waals surface area contributed by atoms with Gasteiger partial charge in [0.15, 0.2) is 0 Å². The predicted octanol–water partition coefficient (Wildman–Crippen LogP) is 0.892. The minimum Gasteiger partial charge on any atom is -0.480 e. The molecule has 0 saturated carbocycles. The van der Waals surface area contributed by atoms with Gasteiger partial charge in [-0.25, -0.2) is 4.79 Å². The molecule has 0 aromatic rings. The van der Waals surface area contributed by atoms with E-state index in [9.17, 15) is 14.7 Å². The van der Waals surface area contributed by atoms with Crippen molar-refractivity contribution in [2.45, 2.75) is 56.1 Å². The summed E-state index contributed by atoms with van der Waals surface area (Å²) >= 11 is 1.60. The first-order chi connectivity index (χ1) is 9.11. The number of nitrogens with one attached hydrogen (secondary N) is 1. The molecule has 3 rings (SSSR count). The average molecular weight is 284 g/mol. The summed E-state index contributed by atoms with van der Waals surface area (Å²) in [6.07, 6.45) is 3.90. The molecule has 0 radical (unpaired) electrons. The van der Waals surface area contributed by atoms with Crippen molar-refractivity contribution >= 4 is 23.6 Å². The van der Waals surface area contributed by atoms with E-state index >= 15 is 0 Å². The van der Waals surface area contributed by atoms with Crippen LogP contribution in [-0.2, 0) is 9.59 Å². The van der Waals surface area contributed by atoms with Crippen molar-refractivity contribution in [3.05, 3.63) is 0 Å². The Morgan fingerprint density at radius 2 is 2.21 bits per heavy atom. The van der Waals surface area contributed by atoms with Crippen molar-refractivity contribution in [3.8, 4) is 0 Å². The topological polar surface area (TPSA) is 69.6 Å². The lowest BCUT2D eigenvalue weighted by molar-refractivity contribution is -0.151. The van der Waals surface area contributed by atoms with Gasteiger partial charge >= 0.3 is 5.97 Å². The second kappa shape index (κ2) is 4.98. The van der Waals surface area contributed by atoms with Gasteiger partial charge in [0.1, 0.15) is 6.04 Å². The van der Waals surface area contributed by atoms with E-state index in [1.165, 1.54) is 0 Å². The summed E-state index contributed by atoms with van der Waals surface area (Å²) in [4.78, 5) is 25.7. The molecule has 2 bridgehead atoms. The highest BCUT2D eigenvalue weighted by molar-refractivity contribution is 8.00. The van der Waals surface area contributed by atoms with Crippen molar-refractivity contribution in [2.24, 2.45) is 5.92 Å². The van der Waals surface area contributed by atoms with Crippen LogP contribution in [0.4, 0.5) is 0 Å². The van der Waals surface area contributed by atoms with E-state index in [2.05, 4.69) is 5.32 Å². The summed E-state index contributed by atoms with van der Waals surface area (Å²) in [7, 11) is 0. The zero-order chi connectivity index (χ0) is 13.6. The molecule has 106 valence electrons. The molecule has 2 N–H and O–H groups in total.